The summed E-state index contributed by atoms with van der Waals surface area (Å²) in [7, 11) is -1.57. The zero-order chi connectivity index (χ0) is 17.6. The van der Waals surface area contributed by atoms with Crippen LogP contribution >= 0.6 is 0 Å². The summed E-state index contributed by atoms with van der Waals surface area (Å²) >= 11 is 0. The van der Waals surface area contributed by atoms with E-state index in [2.05, 4.69) is 62.5 Å². The van der Waals surface area contributed by atoms with Gasteiger partial charge in [0.15, 0.2) is 0 Å². The normalized spacial score (nSPS) is 19.2. The molecule has 0 N–H and O–H groups in total. The summed E-state index contributed by atoms with van der Waals surface area (Å²) in [5.41, 5.74) is 0.501. The monoisotopic (exact) mass is 344 g/mol. The SMILES string of the molecule is CC(=O)O[C@H](/C=C\[C@@H](C)[Si](C)(C)c1ccccc1)C1CCCCC1. The van der Waals surface area contributed by atoms with Gasteiger partial charge < -0.3 is 4.74 Å². The van der Waals surface area contributed by atoms with Gasteiger partial charge in [-0.3, -0.25) is 4.79 Å². The molecule has 0 saturated heterocycles. The van der Waals surface area contributed by atoms with Gasteiger partial charge in [-0.25, -0.2) is 0 Å². The number of benzene rings is 1. The quantitative estimate of drug-likeness (QED) is 0.409. The number of carbonyl (C=O) groups is 1. The van der Waals surface area contributed by atoms with Crippen LogP contribution in [0.1, 0.15) is 46.0 Å². The minimum atomic E-state index is -1.57. The standard InChI is InChI=1S/C21H32O2Si/c1-17(24(3,4)20-13-9-6-10-14-20)15-16-21(23-18(2)22)19-11-7-5-8-12-19/h6,9-10,13-17,19,21H,5,7-8,11-12H2,1-4H3/b16-15-/t17-,21-/m1/s1. The van der Waals surface area contributed by atoms with E-state index in [0.717, 1.165) is 0 Å². The van der Waals surface area contributed by atoms with Crippen molar-refractivity contribution < 1.29 is 9.53 Å². The lowest BCUT2D eigenvalue weighted by Crippen LogP contribution is -2.44. The molecule has 2 nitrogen and oxygen atoms in total. The molecule has 24 heavy (non-hydrogen) atoms. The molecule has 1 aromatic carbocycles. The topological polar surface area (TPSA) is 26.3 Å². The molecular formula is C21H32O2Si. The Labute approximate surface area is 148 Å². The fourth-order valence-corrected chi connectivity index (χ4v) is 5.76. The maximum Gasteiger partial charge on any atom is 0.303 e. The molecule has 132 valence electrons. The number of rotatable bonds is 6. The Morgan fingerprint density at radius 2 is 1.75 bits per heavy atom. The average Bonchev–Trinajstić information content (AvgIpc) is 2.59. The molecular weight excluding hydrogens is 312 g/mol. The molecule has 1 aliphatic carbocycles. The first-order valence-electron chi connectivity index (χ1n) is 9.32. The zero-order valence-electron chi connectivity index (χ0n) is 15.6. The van der Waals surface area contributed by atoms with E-state index >= 15 is 0 Å². The summed E-state index contributed by atoms with van der Waals surface area (Å²) in [6, 6.07) is 10.8. The summed E-state index contributed by atoms with van der Waals surface area (Å²) in [6.45, 7) is 8.66. The fourth-order valence-electron chi connectivity index (χ4n) is 3.59. The summed E-state index contributed by atoms with van der Waals surface area (Å²) in [5.74, 6) is 0.329. The van der Waals surface area contributed by atoms with Gasteiger partial charge in [-0.05, 0) is 30.4 Å². The van der Waals surface area contributed by atoms with Gasteiger partial charge in [0.2, 0.25) is 0 Å². The number of esters is 1. The molecule has 1 saturated carbocycles. The smallest absolute Gasteiger partial charge is 0.303 e. The summed E-state index contributed by atoms with van der Waals surface area (Å²) in [6.07, 6.45) is 10.6. The number of hydrogen-bond acceptors (Lipinski definition) is 2. The lowest BCUT2D eigenvalue weighted by atomic mass is 9.85. The van der Waals surface area contributed by atoms with Crippen LogP contribution < -0.4 is 5.19 Å². The second-order valence-electron chi connectivity index (χ2n) is 7.73. The predicted octanol–water partition coefficient (Wildman–Crippen LogP) is 5.06. The number of ether oxygens (including phenoxy) is 1. The van der Waals surface area contributed by atoms with Gasteiger partial charge in [0, 0.05) is 6.92 Å². The Morgan fingerprint density at radius 1 is 1.12 bits per heavy atom. The van der Waals surface area contributed by atoms with E-state index in [1.807, 2.05) is 0 Å². The second kappa shape index (κ2) is 8.66. The summed E-state index contributed by atoms with van der Waals surface area (Å²) < 4.78 is 5.65. The highest BCUT2D eigenvalue weighted by molar-refractivity contribution is 6.91. The van der Waals surface area contributed by atoms with E-state index in [1.165, 1.54) is 44.2 Å². The molecule has 0 unspecified atom stereocenters. The van der Waals surface area contributed by atoms with Gasteiger partial charge in [0.05, 0.1) is 8.07 Å². The van der Waals surface area contributed by atoms with Crippen molar-refractivity contribution in [1.82, 2.24) is 0 Å². The minimum absolute atomic E-state index is 0.0502. The van der Waals surface area contributed by atoms with Crippen LogP contribution in [0.15, 0.2) is 42.5 Å². The molecule has 2 rings (SSSR count). The van der Waals surface area contributed by atoms with Gasteiger partial charge in [-0.15, -0.1) is 0 Å². The van der Waals surface area contributed by atoms with Crippen molar-refractivity contribution in [2.75, 3.05) is 0 Å². The molecule has 1 aliphatic rings. The molecule has 0 radical (unpaired) electrons. The molecule has 0 aliphatic heterocycles. The van der Waals surface area contributed by atoms with E-state index in [4.69, 9.17) is 4.74 Å². The number of hydrogen-bond donors (Lipinski definition) is 0. The Kier molecular flexibility index (Phi) is 6.85. The lowest BCUT2D eigenvalue weighted by molar-refractivity contribution is -0.146. The largest absolute Gasteiger partial charge is 0.458 e. The third-order valence-electron chi connectivity index (χ3n) is 5.66. The van der Waals surface area contributed by atoms with Crippen molar-refractivity contribution >= 4 is 19.2 Å². The zero-order valence-corrected chi connectivity index (χ0v) is 16.6. The molecule has 1 aromatic rings. The van der Waals surface area contributed by atoms with Crippen LogP contribution in [0.4, 0.5) is 0 Å². The first-order valence-corrected chi connectivity index (χ1v) is 12.4. The van der Waals surface area contributed by atoms with Crippen molar-refractivity contribution in [2.45, 2.75) is 70.7 Å². The minimum Gasteiger partial charge on any atom is -0.458 e. The summed E-state index contributed by atoms with van der Waals surface area (Å²) in [4.78, 5) is 11.5. The lowest BCUT2D eigenvalue weighted by Gasteiger charge is -2.30. The molecule has 3 heteroatoms. The molecule has 0 spiro atoms. The highest BCUT2D eigenvalue weighted by Gasteiger charge is 2.30. The maximum atomic E-state index is 11.5. The van der Waals surface area contributed by atoms with Crippen molar-refractivity contribution in [3.63, 3.8) is 0 Å². The third-order valence-corrected chi connectivity index (χ3v) is 9.95. The van der Waals surface area contributed by atoms with E-state index in [0.29, 0.717) is 11.5 Å². The number of allylic oxidation sites excluding steroid dienone is 1. The molecule has 0 heterocycles. The van der Waals surface area contributed by atoms with E-state index < -0.39 is 8.07 Å². The first-order chi connectivity index (χ1) is 11.4. The fraction of sp³-hybridized carbons (Fsp3) is 0.571. The Balaban J connectivity index is 2.10. The molecule has 0 bridgehead atoms. The summed E-state index contributed by atoms with van der Waals surface area (Å²) in [5, 5.41) is 1.48. The van der Waals surface area contributed by atoms with Crippen LogP contribution in [0.25, 0.3) is 0 Å². The predicted molar refractivity (Wildman–Crippen MR) is 104 cm³/mol. The average molecular weight is 345 g/mol. The highest BCUT2D eigenvalue weighted by Crippen LogP contribution is 2.30. The molecule has 0 amide bonds. The van der Waals surface area contributed by atoms with Crippen molar-refractivity contribution in [1.29, 1.82) is 0 Å². The van der Waals surface area contributed by atoms with Crippen LogP contribution in [0.3, 0.4) is 0 Å². The van der Waals surface area contributed by atoms with E-state index in [-0.39, 0.29) is 12.1 Å². The van der Waals surface area contributed by atoms with E-state index in [1.54, 1.807) is 0 Å². The number of carbonyl (C=O) groups excluding carboxylic acids is 1. The van der Waals surface area contributed by atoms with Crippen LogP contribution in [0.5, 0.6) is 0 Å². The molecule has 0 aromatic heterocycles. The van der Waals surface area contributed by atoms with Crippen LogP contribution in [-0.4, -0.2) is 20.1 Å². The van der Waals surface area contributed by atoms with Crippen molar-refractivity contribution in [3.05, 3.63) is 42.5 Å². The van der Waals surface area contributed by atoms with Crippen LogP contribution in [-0.2, 0) is 9.53 Å². The van der Waals surface area contributed by atoms with Gasteiger partial charge in [-0.2, -0.15) is 0 Å². The molecule has 1 fully saturated rings. The third kappa shape index (κ3) is 5.07. The van der Waals surface area contributed by atoms with E-state index in [9.17, 15) is 4.79 Å². The molecule has 2 atom stereocenters. The maximum absolute atomic E-state index is 11.5. The highest BCUT2D eigenvalue weighted by atomic mass is 28.3. The van der Waals surface area contributed by atoms with Gasteiger partial charge in [0.1, 0.15) is 6.10 Å². The first kappa shape index (κ1) is 19.0. The Morgan fingerprint density at radius 3 is 2.33 bits per heavy atom. The van der Waals surface area contributed by atoms with Crippen LogP contribution in [0.2, 0.25) is 18.6 Å². The second-order valence-corrected chi connectivity index (χ2v) is 12.7. The van der Waals surface area contributed by atoms with Crippen molar-refractivity contribution in [3.8, 4) is 0 Å². The Bertz CT molecular complexity index is 544. The van der Waals surface area contributed by atoms with Gasteiger partial charge in [0.25, 0.3) is 0 Å². The van der Waals surface area contributed by atoms with Gasteiger partial charge in [-0.1, -0.05) is 80.9 Å². The van der Waals surface area contributed by atoms with Crippen LogP contribution in [0, 0.1) is 5.92 Å². The van der Waals surface area contributed by atoms with Gasteiger partial charge >= 0.3 is 5.97 Å². The Hall–Kier alpha value is -1.35. The van der Waals surface area contributed by atoms with Crippen molar-refractivity contribution in [2.24, 2.45) is 5.92 Å².